The van der Waals surface area contributed by atoms with Crippen molar-refractivity contribution in [1.29, 1.82) is 0 Å². The molecule has 3 aliphatic carbocycles. The van der Waals surface area contributed by atoms with E-state index in [0.29, 0.717) is 31.3 Å². The summed E-state index contributed by atoms with van der Waals surface area (Å²) in [5, 5.41) is 5.92. The standard InChI is InChI=1S/C29H39BN4O5/c1-5-9-21(33-27(36)22-16-31-12-13-32-22)26(35)34-25(18-37-17-19-10-7-6-8-11-19)30-38-24-15-20-14-23(28(20,2)3)29(24,4)39-30/h6-8,10-13,16,20-21,23-25H,5,9,14-15,17-18H2,1-4H3,(H,33,36)(H,34,35)/t20-,21+,23-,24+,25-,29-/m0/s1. The van der Waals surface area contributed by atoms with Crippen molar-refractivity contribution in [2.75, 3.05) is 6.61 Å². The van der Waals surface area contributed by atoms with E-state index in [9.17, 15) is 9.59 Å². The average Bonchev–Trinajstić information content (AvgIpc) is 3.30. The summed E-state index contributed by atoms with van der Waals surface area (Å²) in [6.45, 7) is 9.38. The number of carbonyl (C=O) groups is 2. The molecule has 6 rings (SSSR count). The molecule has 208 valence electrons. The summed E-state index contributed by atoms with van der Waals surface area (Å²) in [4.78, 5) is 34.3. The Labute approximate surface area is 231 Å². The van der Waals surface area contributed by atoms with Gasteiger partial charge in [-0.1, -0.05) is 57.5 Å². The van der Waals surface area contributed by atoms with Gasteiger partial charge in [-0.25, -0.2) is 4.98 Å². The van der Waals surface area contributed by atoms with Gasteiger partial charge in [-0.2, -0.15) is 0 Å². The molecule has 9 nitrogen and oxygen atoms in total. The van der Waals surface area contributed by atoms with Crippen LogP contribution in [-0.2, 0) is 25.4 Å². The highest BCUT2D eigenvalue weighted by Gasteiger charge is 2.68. The minimum absolute atomic E-state index is 0.0180. The quantitative estimate of drug-likeness (QED) is 0.426. The summed E-state index contributed by atoms with van der Waals surface area (Å²) in [5.74, 6) is -0.270. The Balaban J connectivity index is 1.29. The van der Waals surface area contributed by atoms with Gasteiger partial charge in [-0.15, -0.1) is 0 Å². The van der Waals surface area contributed by atoms with Gasteiger partial charge in [0.2, 0.25) is 5.91 Å². The molecule has 1 saturated heterocycles. The molecule has 0 radical (unpaired) electrons. The van der Waals surface area contributed by atoms with Gasteiger partial charge in [-0.05, 0) is 49.0 Å². The number of hydrogen-bond acceptors (Lipinski definition) is 7. The maximum atomic E-state index is 13.5. The lowest BCUT2D eigenvalue weighted by Gasteiger charge is -2.64. The minimum atomic E-state index is -0.743. The van der Waals surface area contributed by atoms with Gasteiger partial charge in [-0.3, -0.25) is 14.6 Å². The number of nitrogens with one attached hydrogen (secondary N) is 2. The number of aromatic nitrogens is 2. The Hall–Kier alpha value is -2.82. The first kappa shape index (κ1) is 27.7. The fourth-order valence-corrected chi connectivity index (χ4v) is 6.63. The molecule has 1 aromatic carbocycles. The summed E-state index contributed by atoms with van der Waals surface area (Å²) in [6, 6.07) is 9.16. The fourth-order valence-electron chi connectivity index (χ4n) is 6.63. The molecule has 0 unspecified atom stereocenters. The molecule has 0 spiro atoms. The molecule has 4 fully saturated rings. The first-order valence-electron chi connectivity index (χ1n) is 14.0. The number of carbonyl (C=O) groups excluding carboxylic acids is 2. The normalized spacial score (nSPS) is 28.1. The Bertz CT molecular complexity index is 1150. The van der Waals surface area contributed by atoms with Crippen LogP contribution in [0.25, 0.3) is 0 Å². The van der Waals surface area contributed by atoms with Crippen LogP contribution < -0.4 is 10.6 Å². The third kappa shape index (κ3) is 5.60. The van der Waals surface area contributed by atoms with Crippen molar-refractivity contribution in [2.45, 2.75) is 83.7 Å². The van der Waals surface area contributed by atoms with Gasteiger partial charge in [0.05, 0.1) is 37.1 Å². The maximum absolute atomic E-state index is 13.5. The summed E-state index contributed by atoms with van der Waals surface area (Å²) in [6.07, 6.45) is 7.59. The first-order chi connectivity index (χ1) is 18.7. The van der Waals surface area contributed by atoms with Crippen molar-refractivity contribution < 1.29 is 23.6 Å². The van der Waals surface area contributed by atoms with Crippen molar-refractivity contribution in [3.8, 4) is 0 Å². The van der Waals surface area contributed by atoms with Crippen molar-refractivity contribution in [3.63, 3.8) is 0 Å². The molecule has 1 aliphatic heterocycles. The van der Waals surface area contributed by atoms with E-state index < -0.39 is 30.6 Å². The molecule has 2 aromatic rings. The third-order valence-corrected chi connectivity index (χ3v) is 9.03. The van der Waals surface area contributed by atoms with Gasteiger partial charge >= 0.3 is 7.12 Å². The number of hydrogen-bond donors (Lipinski definition) is 2. The number of benzene rings is 1. The Morgan fingerprint density at radius 2 is 1.95 bits per heavy atom. The lowest BCUT2D eigenvalue weighted by Crippen LogP contribution is -2.65. The van der Waals surface area contributed by atoms with Gasteiger partial charge in [0.15, 0.2) is 0 Å². The number of nitrogens with zero attached hydrogens (tertiary/aromatic N) is 2. The van der Waals surface area contributed by atoms with Crippen LogP contribution in [0, 0.1) is 17.3 Å². The lowest BCUT2D eigenvalue weighted by atomic mass is 9.43. The number of amides is 2. The van der Waals surface area contributed by atoms with Crippen LogP contribution in [0.5, 0.6) is 0 Å². The summed E-state index contributed by atoms with van der Waals surface area (Å²) >= 11 is 0. The van der Waals surface area contributed by atoms with Crippen LogP contribution in [0.4, 0.5) is 0 Å². The maximum Gasteiger partial charge on any atom is 0.484 e. The third-order valence-electron chi connectivity index (χ3n) is 9.03. The predicted octanol–water partition coefficient (Wildman–Crippen LogP) is 3.34. The molecule has 2 amide bonds. The van der Waals surface area contributed by atoms with Crippen LogP contribution in [0.15, 0.2) is 48.9 Å². The topological polar surface area (TPSA) is 112 Å². The Morgan fingerprint density at radius 1 is 1.15 bits per heavy atom. The van der Waals surface area contributed by atoms with Gasteiger partial charge in [0, 0.05) is 12.4 Å². The van der Waals surface area contributed by atoms with Gasteiger partial charge in [0.1, 0.15) is 11.7 Å². The van der Waals surface area contributed by atoms with Crippen molar-refractivity contribution in [3.05, 3.63) is 60.2 Å². The van der Waals surface area contributed by atoms with Crippen LogP contribution >= 0.6 is 0 Å². The van der Waals surface area contributed by atoms with E-state index in [2.05, 4.69) is 41.4 Å². The zero-order valence-electron chi connectivity index (χ0n) is 23.3. The Morgan fingerprint density at radius 3 is 2.64 bits per heavy atom. The van der Waals surface area contributed by atoms with Crippen molar-refractivity contribution in [1.82, 2.24) is 20.6 Å². The lowest BCUT2D eigenvalue weighted by molar-refractivity contribution is -0.199. The smallest absolute Gasteiger partial charge is 0.404 e. The molecule has 3 saturated carbocycles. The summed E-state index contributed by atoms with van der Waals surface area (Å²) < 4.78 is 19.2. The van der Waals surface area contributed by atoms with E-state index in [-0.39, 0.29) is 29.7 Å². The monoisotopic (exact) mass is 534 g/mol. The van der Waals surface area contributed by atoms with E-state index in [1.54, 1.807) is 0 Å². The fraction of sp³-hybridized carbons (Fsp3) is 0.586. The van der Waals surface area contributed by atoms with Gasteiger partial charge < -0.3 is 24.7 Å². The van der Waals surface area contributed by atoms with Crippen molar-refractivity contribution >= 4 is 18.9 Å². The summed E-state index contributed by atoms with van der Waals surface area (Å²) in [7, 11) is -0.646. The minimum Gasteiger partial charge on any atom is -0.404 e. The molecule has 4 aliphatic rings. The van der Waals surface area contributed by atoms with Crippen molar-refractivity contribution in [2.24, 2.45) is 17.3 Å². The second-order valence-corrected chi connectivity index (χ2v) is 11.9. The molecule has 39 heavy (non-hydrogen) atoms. The molecular formula is C29H39BN4O5. The van der Waals surface area contributed by atoms with E-state index in [1.165, 1.54) is 18.6 Å². The zero-order valence-corrected chi connectivity index (χ0v) is 23.3. The molecular weight excluding hydrogens is 495 g/mol. The van der Waals surface area contributed by atoms with E-state index in [0.717, 1.165) is 18.4 Å². The Kier molecular flexibility index (Phi) is 8.07. The zero-order chi connectivity index (χ0) is 27.6. The number of rotatable bonds is 11. The highest BCUT2D eigenvalue weighted by atomic mass is 16.7. The second-order valence-electron chi connectivity index (χ2n) is 11.9. The summed E-state index contributed by atoms with van der Waals surface area (Å²) in [5.41, 5.74) is 1.01. The van der Waals surface area contributed by atoms with E-state index in [4.69, 9.17) is 14.0 Å². The van der Waals surface area contributed by atoms with Crippen LogP contribution in [0.3, 0.4) is 0 Å². The predicted molar refractivity (Wildman–Crippen MR) is 146 cm³/mol. The molecule has 2 heterocycles. The van der Waals surface area contributed by atoms with Gasteiger partial charge in [0.25, 0.3) is 5.91 Å². The average molecular weight is 534 g/mol. The van der Waals surface area contributed by atoms with Crippen LogP contribution in [0.2, 0.25) is 0 Å². The van der Waals surface area contributed by atoms with Crippen LogP contribution in [0.1, 0.15) is 69.4 Å². The highest BCUT2D eigenvalue weighted by Crippen LogP contribution is 2.65. The highest BCUT2D eigenvalue weighted by molar-refractivity contribution is 6.48. The van der Waals surface area contributed by atoms with E-state index in [1.807, 2.05) is 37.3 Å². The largest absolute Gasteiger partial charge is 0.484 e. The first-order valence-corrected chi connectivity index (χ1v) is 14.0. The molecule has 10 heteroatoms. The molecule has 2 N–H and O–H groups in total. The van der Waals surface area contributed by atoms with Crippen LogP contribution in [-0.4, -0.2) is 59.2 Å². The van der Waals surface area contributed by atoms with E-state index >= 15 is 0 Å². The second kappa shape index (κ2) is 11.4. The molecule has 6 atom stereocenters. The molecule has 2 bridgehead atoms. The number of ether oxygens (including phenoxy) is 1. The SMILES string of the molecule is CCC[C@@H](NC(=O)c1cnccn1)C(=O)N[C@@H](COCc1ccccc1)B1O[C@@H]2C[C@@H]3C[C@@H](C3(C)C)[C@]2(C)O1. The molecule has 1 aromatic heterocycles.